The molecular formula is C17H23N3O2. The molecule has 0 saturated carbocycles. The molecule has 22 heavy (non-hydrogen) atoms. The van der Waals surface area contributed by atoms with Crippen LogP contribution in [0.3, 0.4) is 0 Å². The first-order chi connectivity index (χ1) is 10.3. The molecule has 0 fully saturated rings. The molecule has 2 rings (SSSR count). The van der Waals surface area contributed by atoms with E-state index in [1.165, 1.54) is 5.56 Å². The van der Waals surface area contributed by atoms with E-state index in [4.69, 9.17) is 4.74 Å². The molecule has 5 nitrogen and oxygen atoms in total. The number of amides is 1. The Morgan fingerprint density at radius 2 is 1.77 bits per heavy atom. The summed E-state index contributed by atoms with van der Waals surface area (Å²) in [5.74, 6) is 0. The van der Waals surface area contributed by atoms with Gasteiger partial charge in [-0.2, -0.15) is 0 Å². The minimum Gasteiger partial charge on any atom is -0.444 e. The van der Waals surface area contributed by atoms with Crippen molar-refractivity contribution in [1.29, 1.82) is 0 Å². The molecule has 0 aliphatic carbocycles. The SMILES string of the molecule is Cn1ccc(CNc2ccc(NC(=O)OC(C)(C)C)cc2)c1. The van der Waals surface area contributed by atoms with Crippen molar-refractivity contribution in [3.8, 4) is 0 Å². The fraction of sp³-hybridized carbons (Fsp3) is 0.353. The van der Waals surface area contributed by atoms with Gasteiger partial charge in [0.1, 0.15) is 5.60 Å². The van der Waals surface area contributed by atoms with Crippen LogP contribution < -0.4 is 10.6 Å². The fourth-order valence-corrected chi connectivity index (χ4v) is 1.96. The predicted molar refractivity (Wildman–Crippen MR) is 89.0 cm³/mol. The molecule has 2 aromatic rings. The molecule has 1 amide bonds. The highest BCUT2D eigenvalue weighted by Crippen LogP contribution is 2.16. The van der Waals surface area contributed by atoms with E-state index < -0.39 is 11.7 Å². The second kappa shape index (κ2) is 6.56. The van der Waals surface area contributed by atoms with Crippen LogP contribution in [0.4, 0.5) is 16.2 Å². The van der Waals surface area contributed by atoms with Crippen LogP contribution in [-0.2, 0) is 18.3 Å². The van der Waals surface area contributed by atoms with Crippen molar-refractivity contribution in [1.82, 2.24) is 4.57 Å². The lowest BCUT2D eigenvalue weighted by molar-refractivity contribution is 0.0636. The molecule has 0 aliphatic heterocycles. The molecule has 0 aliphatic rings. The van der Waals surface area contributed by atoms with Crippen molar-refractivity contribution in [3.63, 3.8) is 0 Å². The number of hydrogen-bond acceptors (Lipinski definition) is 3. The third-order valence-corrected chi connectivity index (χ3v) is 2.92. The van der Waals surface area contributed by atoms with Crippen LogP contribution in [0, 0.1) is 0 Å². The van der Waals surface area contributed by atoms with Gasteiger partial charge in [-0.15, -0.1) is 0 Å². The summed E-state index contributed by atoms with van der Waals surface area (Å²) in [6.45, 7) is 6.27. The highest BCUT2D eigenvalue weighted by Gasteiger charge is 2.15. The van der Waals surface area contributed by atoms with Crippen molar-refractivity contribution in [3.05, 3.63) is 48.3 Å². The number of benzene rings is 1. The van der Waals surface area contributed by atoms with Gasteiger partial charge in [-0.3, -0.25) is 5.32 Å². The number of nitrogens with one attached hydrogen (secondary N) is 2. The Balaban J connectivity index is 1.86. The summed E-state index contributed by atoms with van der Waals surface area (Å²) < 4.78 is 7.23. The second-order valence-electron chi connectivity index (χ2n) is 6.24. The largest absolute Gasteiger partial charge is 0.444 e. The van der Waals surface area contributed by atoms with Crippen LogP contribution in [0.15, 0.2) is 42.7 Å². The topological polar surface area (TPSA) is 55.3 Å². The normalized spacial score (nSPS) is 11.1. The summed E-state index contributed by atoms with van der Waals surface area (Å²) in [5.41, 5.74) is 2.43. The number of ether oxygens (including phenoxy) is 1. The maximum atomic E-state index is 11.7. The van der Waals surface area contributed by atoms with Gasteiger partial charge in [0, 0.05) is 37.4 Å². The molecule has 0 unspecified atom stereocenters. The van der Waals surface area contributed by atoms with Gasteiger partial charge < -0.3 is 14.6 Å². The first-order valence-electron chi connectivity index (χ1n) is 7.27. The maximum Gasteiger partial charge on any atom is 0.412 e. The van der Waals surface area contributed by atoms with E-state index in [-0.39, 0.29) is 0 Å². The van der Waals surface area contributed by atoms with Crippen molar-refractivity contribution in [2.24, 2.45) is 7.05 Å². The van der Waals surface area contributed by atoms with E-state index in [0.717, 1.165) is 12.2 Å². The molecule has 0 spiro atoms. The zero-order valence-corrected chi connectivity index (χ0v) is 13.5. The van der Waals surface area contributed by atoms with Gasteiger partial charge in [0.25, 0.3) is 0 Å². The number of anilines is 2. The molecular weight excluding hydrogens is 278 g/mol. The monoisotopic (exact) mass is 301 g/mol. The summed E-state index contributed by atoms with van der Waals surface area (Å²) >= 11 is 0. The Hall–Kier alpha value is -2.43. The molecule has 0 radical (unpaired) electrons. The Morgan fingerprint density at radius 1 is 1.14 bits per heavy atom. The molecule has 2 N–H and O–H groups in total. The average molecular weight is 301 g/mol. The molecule has 5 heteroatoms. The van der Waals surface area contributed by atoms with Crippen molar-refractivity contribution < 1.29 is 9.53 Å². The molecule has 0 atom stereocenters. The van der Waals surface area contributed by atoms with Gasteiger partial charge in [-0.05, 0) is 56.7 Å². The Bertz CT molecular complexity index is 624. The van der Waals surface area contributed by atoms with Crippen LogP contribution >= 0.6 is 0 Å². The predicted octanol–water partition coefficient (Wildman–Crippen LogP) is 3.98. The van der Waals surface area contributed by atoms with Crippen LogP contribution in [0.1, 0.15) is 26.3 Å². The molecule has 0 saturated heterocycles. The van der Waals surface area contributed by atoms with Crippen LogP contribution in [-0.4, -0.2) is 16.3 Å². The number of hydrogen-bond donors (Lipinski definition) is 2. The molecule has 118 valence electrons. The highest BCUT2D eigenvalue weighted by molar-refractivity contribution is 5.85. The summed E-state index contributed by atoms with van der Waals surface area (Å²) in [6.07, 6.45) is 3.65. The number of nitrogens with zero attached hydrogens (tertiary/aromatic N) is 1. The van der Waals surface area contributed by atoms with Gasteiger partial charge >= 0.3 is 6.09 Å². The smallest absolute Gasteiger partial charge is 0.412 e. The molecule has 1 aromatic carbocycles. The van der Waals surface area contributed by atoms with Crippen LogP contribution in [0.25, 0.3) is 0 Å². The second-order valence-corrected chi connectivity index (χ2v) is 6.24. The number of carbonyl (C=O) groups is 1. The third-order valence-electron chi connectivity index (χ3n) is 2.92. The highest BCUT2D eigenvalue weighted by atomic mass is 16.6. The lowest BCUT2D eigenvalue weighted by atomic mass is 10.2. The lowest BCUT2D eigenvalue weighted by Gasteiger charge is -2.19. The van der Waals surface area contributed by atoms with E-state index in [0.29, 0.717) is 5.69 Å². The summed E-state index contributed by atoms with van der Waals surface area (Å²) in [5, 5.41) is 6.05. The van der Waals surface area contributed by atoms with Crippen LogP contribution in [0.5, 0.6) is 0 Å². The van der Waals surface area contributed by atoms with Crippen LogP contribution in [0.2, 0.25) is 0 Å². The van der Waals surface area contributed by atoms with Gasteiger partial charge in [-0.1, -0.05) is 0 Å². The molecule has 1 heterocycles. The van der Waals surface area contributed by atoms with Gasteiger partial charge in [0.05, 0.1) is 0 Å². The number of aryl methyl sites for hydroxylation is 1. The number of rotatable bonds is 4. The number of aromatic nitrogens is 1. The number of carbonyl (C=O) groups excluding carboxylic acids is 1. The van der Waals surface area contributed by atoms with Gasteiger partial charge in [0.15, 0.2) is 0 Å². The van der Waals surface area contributed by atoms with E-state index in [1.807, 2.05) is 62.8 Å². The van der Waals surface area contributed by atoms with Gasteiger partial charge in [0.2, 0.25) is 0 Å². The zero-order valence-electron chi connectivity index (χ0n) is 13.5. The Morgan fingerprint density at radius 3 is 2.32 bits per heavy atom. The van der Waals surface area contributed by atoms with Crippen molar-refractivity contribution in [2.45, 2.75) is 32.9 Å². The third kappa shape index (κ3) is 5.16. The minimum absolute atomic E-state index is 0.447. The van der Waals surface area contributed by atoms with Crippen molar-refractivity contribution >= 4 is 17.5 Å². The Labute approximate surface area is 131 Å². The maximum absolute atomic E-state index is 11.7. The molecule has 1 aromatic heterocycles. The van der Waals surface area contributed by atoms with E-state index in [2.05, 4.69) is 22.9 Å². The fourth-order valence-electron chi connectivity index (χ4n) is 1.96. The average Bonchev–Trinajstić information content (AvgIpc) is 2.81. The quantitative estimate of drug-likeness (QED) is 0.898. The van der Waals surface area contributed by atoms with E-state index >= 15 is 0 Å². The summed E-state index contributed by atoms with van der Waals surface area (Å²) in [4.78, 5) is 11.7. The Kier molecular flexibility index (Phi) is 4.75. The van der Waals surface area contributed by atoms with E-state index in [1.54, 1.807) is 0 Å². The first-order valence-corrected chi connectivity index (χ1v) is 7.27. The van der Waals surface area contributed by atoms with Gasteiger partial charge in [-0.25, -0.2) is 4.79 Å². The zero-order chi connectivity index (χ0) is 16.2. The first kappa shape index (κ1) is 15.9. The standard InChI is InChI=1S/C17H23N3O2/c1-17(2,3)22-16(21)19-15-7-5-14(6-8-15)18-11-13-9-10-20(4)12-13/h5-10,12,18H,11H2,1-4H3,(H,19,21). The lowest BCUT2D eigenvalue weighted by Crippen LogP contribution is -2.27. The summed E-state index contributed by atoms with van der Waals surface area (Å²) in [7, 11) is 2.00. The van der Waals surface area contributed by atoms with E-state index in [9.17, 15) is 4.79 Å². The minimum atomic E-state index is -0.499. The summed E-state index contributed by atoms with van der Waals surface area (Å²) in [6, 6.07) is 9.62. The molecule has 0 bridgehead atoms. The van der Waals surface area contributed by atoms with Crippen molar-refractivity contribution in [2.75, 3.05) is 10.6 Å².